The highest BCUT2D eigenvalue weighted by atomic mass is 16.5. The number of likely N-dealkylation sites (tertiary alicyclic amines) is 1. The molecule has 20 heavy (non-hydrogen) atoms. The number of nitrogens with two attached hydrogens (primary N) is 2. The van der Waals surface area contributed by atoms with Crippen LogP contribution in [0.25, 0.3) is 0 Å². The lowest BCUT2D eigenvalue weighted by atomic mass is 9.96. The number of carbonyl (C=O) groups is 1. The van der Waals surface area contributed by atoms with Crippen LogP contribution in [0.2, 0.25) is 0 Å². The van der Waals surface area contributed by atoms with Crippen molar-refractivity contribution < 1.29 is 9.53 Å². The Hall–Kier alpha value is -2.24. The van der Waals surface area contributed by atoms with Gasteiger partial charge in [0.15, 0.2) is 0 Å². The second-order valence-electron chi connectivity index (χ2n) is 5.21. The first kappa shape index (κ1) is 12.8. The molecule has 0 aromatic heterocycles. The molecular formula is C14H18N4O2. The zero-order chi connectivity index (χ0) is 14.1. The molecule has 4 N–H and O–H groups in total. The van der Waals surface area contributed by atoms with Crippen molar-refractivity contribution >= 4 is 23.1 Å². The van der Waals surface area contributed by atoms with E-state index in [0.29, 0.717) is 12.3 Å². The molecule has 1 aromatic carbocycles. The third kappa shape index (κ3) is 2.41. The van der Waals surface area contributed by atoms with Crippen molar-refractivity contribution in [1.29, 1.82) is 0 Å². The number of fused-ring (bicyclic) bond motifs is 1. The summed E-state index contributed by atoms with van der Waals surface area (Å²) in [5, 5.41) is 0. The molecule has 2 aliphatic rings. The van der Waals surface area contributed by atoms with E-state index in [1.54, 1.807) is 6.07 Å². The maximum atomic E-state index is 11.2. The number of amides is 1. The van der Waals surface area contributed by atoms with E-state index in [2.05, 4.69) is 9.89 Å². The minimum absolute atomic E-state index is 0.0107. The van der Waals surface area contributed by atoms with Gasteiger partial charge >= 0.3 is 0 Å². The number of carbonyl (C=O) groups excluding carboxylic acids is 1. The summed E-state index contributed by atoms with van der Waals surface area (Å²) in [6.07, 6.45) is 1.56. The molecule has 3 rings (SSSR count). The van der Waals surface area contributed by atoms with Crippen LogP contribution in [0.5, 0.6) is 5.75 Å². The number of anilines is 1. The Morgan fingerprint density at radius 3 is 2.80 bits per heavy atom. The quantitative estimate of drug-likeness (QED) is 0.744. The van der Waals surface area contributed by atoms with Crippen LogP contribution >= 0.6 is 0 Å². The Kier molecular flexibility index (Phi) is 3.22. The van der Waals surface area contributed by atoms with E-state index in [-0.39, 0.29) is 11.8 Å². The number of ether oxygens (including phenoxy) is 1. The Balaban J connectivity index is 1.73. The molecule has 2 aliphatic heterocycles. The first-order valence-corrected chi connectivity index (χ1v) is 6.77. The van der Waals surface area contributed by atoms with Gasteiger partial charge in [-0.15, -0.1) is 0 Å². The SMILES string of the molecule is NC(=O)C1CCN(C2=Nc3ccc(N)cc3OC2)CC1. The Bertz CT molecular complexity index is 562. The number of nitrogen functional groups attached to an aromatic ring is 1. The lowest BCUT2D eigenvalue weighted by molar-refractivity contribution is -0.122. The van der Waals surface area contributed by atoms with Crippen LogP contribution in [0.4, 0.5) is 11.4 Å². The summed E-state index contributed by atoms with van der Waals surface area (Å²) in [4.78, 5) is 18.0. The highest BCUT2D eigenvalue weighted by Crippen LogP contribution is 2.33. The lowest BCUT2D eigenvalue weighted by Gasteiger charge is -2.34. The number of piperidine rings is 1. The smallest absolute Gasteiger partial charge is 0.220 e. The molecule has 0 atom stereocenters. The number of nitrogens with zero attached hydrogens (tertiary/aromatic N) is 2. The Morgan fingerprint density at radius 2 is 2.10 bits per heavy atom. The van der Waals surface area contributed by atoms with Crippen LogP contribution in [0.15, 0.2) is 23.2 Å². The van der Waals surface area contributed by atoms with Crippen LogP contribution in [0.1, 0.15) is 12.8 Å². The number of hydrogen-bond acceptors (Lipinski definition) is 5. The molecule has 1 saturated heterocycles. The fourth-order valence-electron chi connectivity index (χ4n) is 2.64. The third-order valence-corrected chi connectivity index (χ3v) is 3.85. The molecule has 1 fully saturated rings. The summed E-state index contributed by atoms with van der Waals surface area (Å²) in [7, 11) is 0. The van der Waals surface area contributed by atoms with Gasteiger partial charge < -0.3 is 21.1 Å². The standard InChI is InChI=1S/C14H18N4O2/c15-10-1-2-11-12(7-10)20-8-13(17-11)18-5-3-9(4-6-18)14(16)19/h1-2,7,9H,3-6,8,15H2,(H2,16,19). The molecule has 6 heteroatoms. The molecule has 0 saturated carbocycles. The van der Waals surface area contributed by atoms with Crippen LogP contribution in [-0.4, -0.2) is 36.3 Å². The predicted octanol–water partition coefficient (Wildman–Crippen LogP) is 0.888. The van der Waals surface area contributed by atoms with Gasteiger partial charge in [-0.3, -0.25) is 4.79 Å². The van der Waals surface area contributed by atoms with Crippen LogP contribution in [-0.2, 0) is 4.79 Å². The van der Waals surface area contributed by atoms with Gasteiger partial charge in [0.05, 0.1) is 0 Å². The number of aliphatic imine (C=N–C) groups is 1. The monoisotopic (exact) mass is 274 g/mol. The average Bonchev–Trinajstić information content (AvgIpc) is 2.47. The minimum atomic E-state index is -0.202. The highest BCUT2D eigenvalue weighted by Gasteiger charge is 2.26. The van der Waals surface area contributed by atoms with E-state index in [1.165, 1.54) is 0 Å². The van der Waals surface area contributed by atoms with Gasteiger partial charge in [-0.2, -0.15) is 0 Å². The molecule has 0 aliphatic carbocycles. The number of amidine groups is 1. The average molecular weight is 274 g/mol. The van der Waals surface area contributed by atoms with Gasteiger partial charge in [0.1, 0.15) is 23.9 Å². The lowest BCUT2D eigenvalue weighted by Crippen LogP contribution is -2.44. The van der Waals surface area contributed by atoms with Gasteiger partial charge in [-0.1, -0.05) is 0 Å². The van der Waals surface area contributed by atoms with Crippen LogP contribution in [0.3, 0.4) is 0 Å². The van der Waals surface area contributed by atoms with Crippen molar-refractivity contribution in [1.82, 2.24) is 4.90 Å². The molecule has 1 aromatic rings. The normalized spacial score (nSPS) is 19.0. The van der Waals surface area contributed by atoms with Gasteiger partial charge in [0.2, 0.25) is 5.91 Å². The molecule has 6 nitrogen and oxygen atoms in total. The largest absolute Gasteiger partial charge is 0.483 e. The topological polar surface area (TPSA) is 93.9 Å². The maximum absolute atomic E-state index is 11.2. The van der Waals surface area contributed by atoms with E-state index >= 15 is 0 Å². The molecule has 0 radical (unpaired) electrons. The van der Waals surface area contributed by atoms with Crippen molar-refractivity contribution in [3.63, 3.8) is 0 Å². The molecule has 2 heterocycles. The minimum Gasteiger partial charge on any atom is -0.483 e. The van der Waals surface area contributed by atoms with E-state index in [9.17, 15) is 4.79 Å². The summed E-state index contributed by atoms with van der Waals surface area (Å²) >= 11 is 0. The van der Waals surface area contributed by atoms with Gasteiger partial charge in [-0.25, -0.2) is 4.99 Å². The van der Waals surface area contributed by atoms with E-state index in [4.69, 9.17) is 16.2 Å². The fourth-order valence-corrected chi connectivity index (χ4v) is 2.64. The van der Waals surface area contributed by atoms with Crippen molar-refractivity contribution in [3.8, 4) is 5.75 Å². The van der Waals surface area contributed by atoms with Crippen molar-refractivity contribution in [2.24, 2.45) is 16.6 Å². The summed E-state index contributed by atoms with van der Waals surface area (Å²) < 4.78 is 5.70. The zero-order valence-corrected chi connectivity index (χ0v) is 11.2. The van der Waals surface area contributed by atoms with Crippen molar-refractivity contribution in [3.05, 3.63) is 18.2 Å². The summed E-state index contributed by atoms with van der Waals surface area (Å²) in [6.45, 7) is 2.03. The fraction of sp³-hybridized carbons (Fsp3) is 0.429. The Labute approximate surface area is 117 Å². The molecule has 1 amide bonds. The highest BCUT2D eigenvalue weighted by molar-refractivity contribution is 5.89. The van der Waals surface area contributed by atoms with E-state index in [1.807, 2.05) is 12.1 Å². The van der Waals surface area contributed by atoms with Crippen LogP contribution in [0, 0.1) is 5.92 Å². The summed E-state index contributed by atoms with van der Waals surface area (Å²) in [5.41, 5.74) is 12.5. The third-order valence-electron chi connectivity index (χ3n) is 3.85. The van der Waals surface area contributed by atoms with E-state index < -0.39 is 0 Å². The van der Waals surface area contributed by atoms with Gasteiger partial charge in [0.25, 0.3) is 0 Å². The number of primary amides is 1. The van der Waals surface area contributed by atoms with Gasteiger partial charge in [-0.05, 0) is 25.0 Å². The summed E-state index contributed by atoms with van der Waals surface area (Å²) in [5.74, 6) is 1.42. The second kappa shape index (κ2) is 5.03. The summed E-state index contributed by atoms with van der Waals surface area (Å²) in [6, 6.07) is 5.46. The molecule has 0 bridgehead atoms. The van der Waals surface area contributed by atoms with E-state index in [0.717, 1.165) is 43.2 Å². The zero-order valence-electron chi connectivity index (χ0n) is 11.2. The predicted molar refractivity (Wildman–Crippen MR) is 76.9 cm³/mol. The molecular weight excluding hydrogens is 256 g/mol. The van der Waals surface area contributed by atoms with Gasteiger partial charge in [0, 0.05) is 30.8 Å². The maximum Gasteiger partial charge on any atom is 0.220 e. The van der Waals surface area contributed by atoms with Crippen molar-refractivity contribution in [2.75, 3.05) is 25.4 Å². The van der Waals surface area contributed by atoms with Crippen LogP contribution < -0.4 is 16.2 Å². The molecule has 0 spiro atoms. The Morgan fingerprint density at radius 1 is 1.35 bits per heavy atom. The number of rotatable bonds is 1. The second-order valence-corrected chi connectivity index (χ2v) is 5.21. The number of benzene rings is 1. The molecule has 106 valence electrons. The first-order valence-electron chi connectivity index (χ1n) is 6.77. The first-order chi connectivity index (χ1) is 9.63. The molecule has 0 unspecified atom stereocenters. The van der Waals surface area contributed by atoms with Crippen molar-refractivity contribution in [2.45, 2.75) is 12.8 Å². The number of hydrogen-bond donors (Lipinski definition) is 2.